The average molecular weight is 328 g/mol. The van der Waals surface area contributed by atoms with Gasteiger partial charge in [-0.25, -0.2) is 0 Å². The Morgan fingerprint density at radius 2 is 2.08 bits per heavy atom. The second-order valence-electron chi connectivity index (χ2n) is 6.41. The van der Waals surface area contributed by atoms with Gasteiger partial charge in [0.05, 0.1) is 0 Å². The highest BCUT2D eigenvalue weighted by Crippen LogP contribution is 2.39. The second-order valence-corrected chi connectivity index (χ2v) is 6.41. The number of nitrogens with zero attached hydrogens (tertiary/aromatic N) is 2. The predicted molar refractivity (Wildman–Crippen MR) is 87.0 cm³/mol. The first-order valence-electron chi connectivity index (χ1n) is 8.00. The van der Waals surface area contributed by atoms with Gasteiger partial charge in [0, 0.05) is 17.0 Å². The Hall–Kier alpha value is -2.70. The monoisotopic (exact) mass is 328 g/mol. The molecule has 7 nitrogen and oxygen atoms in total. The van der Waals surface area contributed by atoms with Crippen LogP contribution < -0.4 is 11.1 Å². The van der Waals surface area contributed by atoms with Gasteiger partial charge in [0.15, 0.2) is 0 Å². The fourth-order valence-corrected chi connectivity index (χ4v) is 2.44. The van der Waals surface area contributed by atoms with Crippen molar-refractivity contribution in [2.24, 2.45) is 11.7 Å². The Bertz CT molecular complexity index is 765. The van der Waals surface area contributed by atoms with Gasteiger partial charge in [0.25, 0.3) is 5.91 Å². The number of nitrogens with two attached hydrogens (primary N) is 1. The molecule has 3 N–H and O–H groups in total. The fourth-order valence-electron chi connectivity index (χ4n) is 2.44. The summed E-state index contributed by atoms with van der Waals surface area (Å²) in [5, 5.41) is 6.64. The van der Waals surface area contributed by atoms with Crippen LogP contribution in [0.25, 0.3) is 11.4 Å². The maximum Gasteiger partial charge on any atom is 0.251 e. The van der Waals surface area contributed by atoms with E-state index in [1.807, 2.05) is 19.9 Å². The quantitative estimate of drug-likeness (QED) is 0.840. The van der Waals surface area contributed by atoms with E-state index in [0.29, 0.717) is 28.8 Å². The van der Waals surface area contributed by atoms with Crippen LogP contribution in [-0.4, -0.2) is 28.0 Å². The molecule has 126 valence electrons. The first kappa shape index (κ1) is 16.2. The summed E-state index contributed by atoms with van der Waals surface area (Å²) < 4.78 is 5.25. The summed E-state index contributed by atoms with van der Waals surface area (Å²) in [5.74, 6) is 0.477. The minimum atomic E-state index is -0.715. The first-order valence-corrected chi connectivity index (χ1v) is 8.00. The van der Waals surface area contributed by atoms with Gasteiger partial charge in [-0.1, -0.05) is 31.1 Å². The molecule has 1 atom stereocenters. The number of carbonyl (C=O) groups excluding carboxylic acids is 2. The maximum absolute atomic E-state index is 12.4. The number of rotatable bonds is 6. The minimum absolute atomic E-state index is 0.0899. The summed E-state index contributed by atoms with van der Waals surface area (Å²) in [6.45, 7) is 3.65. The highest BCUT2D eigenvalue weighted by atomic mass is 16.5. The largest absolute Gasteiger partial charge is 0.368 e. The van der Waals surface area contributed by atoms with E-state index in [1.165, 1.54) is 0 Å². The highest BCUT2D eigenvalue weighted by molar-refractivity contribution is 5.98. The van der Waals surface area contributed by atoms with E-state index in [1.54, 1.807) is 18.2 Å². The van der Waals surface area contributed by atoms with Crippen LogP contribution in [0.2, 0.25) is 0 Å². The van der Waals surface area contributed by atoms with Gasteiger partial charge in [-0.3, -0.25) is 9.59 Å². The Kier molecular flexibility index (Phi) is 4.33. The molecule has 2 aromatic rings. The number of nitrogens with one attached hydrogen (secondary N) is 1. The number of primary amides is 1. The van der Waals surface area contributed by atoms with Crippen LogP contribution in [0.5, 0.6) is 0 Å². The van der Waals surface area contributed by atoms with Crippen molar-refractivity contribution < 1.29 is 14.1 Å². The van der Waals surface area contributed by atoms with E-state index in [9.17, 15) is 9.59 Å². The van der Waals surface area contributed by atoms with Crippen molar-refractivity contribution in [1.29, 1.82) is 0 Å². The molecular weight excluding hydrogens is 308 g/mol. The van der Waals surface area contributed by atoms with Crippen molar-refractivity contribution in [3.05, 3.63) is 35.7 Å². The normalized spacial score (nSPS) is 15.3. The van der Waals surface area contributed by atoms with Crippen LogP contribution in [0.4, 0.5) is 0 Å². The molecule has 3 rings (SSSR count). The van der Waals surface area contributed by atoms with Crippen molar-refractivity contribution in [3.63, 3.8) is 0 Å². The van der Waals surface area contributed by atoms with Gasteiger partial charge in [-0.05, 0) is 30.9 Å². The van der Waals surface area contributed by atoms with Crippen molar-refractivity contribution in [3.8, 4) is 11.4 Å². The lowest BCUT2D eigenvalue weighted by Gasteiger charge is -2.19. The van der Waals surface area contributed by atoms with E-state index in [0.717, 1.165) is 12.8 Å². The fraction of sp³-hybridized carbons (Fsp3) is 0.412. The maximum atomic E-state index is 12.4. The molecule has 2 amide bonds. The van der Waals surface area contributed by atoms with Crippen molar-refractivity contribution in [1.82, 2.24) is 15.5 Å². The molecule has 0 saturated heterocycles. The van der Waals surface area contributed by atoms with E-state index in [-0.39, 0.29) is 11.8 Å². The molecule has 0 radical (unpaired) electrons. The molecule has 24 heavy (non-hydrogen) atoms. The molecule has 1 aromatic carbocycles. The summed E-state index contributed by atoms with van der Waals surface area (Å²) in [5.41, 5.74) is 6.44. The Morgan fingerprint density at radius 3 is 2.71 bits per heavy atom. The van der Waals surface area contributed by atoms with Crippen molar-refractivity contribution in [2.45, 2.75) is 38.6 Å². The second kappa shape index (κ2) is 6.43. The zero-order valence-electron chi connectivity index (χ0n) is 13.7. The predicted octanol–water partition coefficient (Wildman–Crippen LogP) is 1.85. The van der Waals surface area contributed by atoms with Gasteiger partial charge in [0.1, 0.15) is 6.04 Å². The first-order chi connectivity index (χ1) is 11.5. The minimum Gasteiger partial charge on any atom is -0.368 e. The number of amides is 2. The van der Waals surface area contributed by atoms with Crippen molar-refractivity contribution >= 4 is 11.8 Å². The summed E-state index contributed by atoms with van der Waals surface area (Å²) in [6.07, 6.45) is 2.15. The third-order valence-electron chi connectivity index (χ3n) is 4.01. The van der Waals surface area contributed by atoms with Crippen LogP contribution in [0.3, 0.4) is 0 Å². The SMILES string of the molecule is CC(C)[C@H](NC(=O)c1cccc(-c2noc(C3CC3)n2)c1)C(N)=O. The summed E-state index contributed by atoms with van der Waals surface area (Å²) in [6, 6.07) is 6.18. The smallest absolute Gasteiger partial charge is 0.251 e. The molecule has 0 unspecified atom stereocenters. The number of carbonyl (C=O) groups is 2. The molecule has 7 heteroatoms. The van der Waals surface area contributed by atoms with E-state index >= 15 is 0 Å². The number of hydrogen-bond donors (Lipinski definition) is 2. The Morgan fingerprint density at radius 1 is 1.33 bits per heavy atom. The lowest BCUT2D eigenvalue weighted by Crippen LogP contribution is -2.47. The van der Waals surface area contributed by atoms with E-state index in [4.69, 9.17) is 10.3 Å². The third-order valence-corrected chi connectivity index (χ3v) is 4.01. The third kappa shape index (κ3) is 3.45. The molecule has 0 aliphatic heterocycles. The molecule has 0 bridgehead atoms. The van der Waals surface area contributed by atoms with Crippen LogP contribution in [-0.2, 0) is 4.79 Å². The van der Waals surface area contributed by atoms with Gasteiger partial charge in [-0.2, -0.15) is 4.98 Å². The number of benzene rings is 1. The van der Waals surface area contributed by atoms with Crippen LogP contribution in [0.1, 0.15) is 48.9 Å². The van der Waals surface area contributed by atoms with Crippen molar-refractivity contribution in [2.75, 3.05) is 0 Å². The molecular formula is C17H20N4O3. The zero-order valence-corrected chi connectivity index (χ0v) is 13.7. The molecule has 1 fully saturated rings. The topological polar surface area (TPSA) is 111 Å². The van der Waals surface area contributed by atoms with Gasteiger partial charge >= 0.3 is 0 Å². The molecule has 1 aromatic heterocycles. The molecule has 1 aliphatic rings. The van der Waals surface area contributed by atoms with Crippen LogP contribution in [0.15, 0.2) is 28.8 Å². The molecule has 0 spiro atoms. The van der Waals surface area contributed by atoms with Crippen LogP contribution in [0, 0.1) is 5.92 Å². The van der Waals surface area contributed by atoms with Gasteiger partial charge in [0.2, 0.25) is 17.6 Å². The number of aromatic nitrogens is 2. The molecule has 1 saturated carbocycles. The zero-order chi connectivity index (χ0) is 17.3. The summed E-state index contributed by atoms with van der Waals surface area (Å²) in [7, 11) is 0. The average Bonchev–Trinajstić information content (AvgIpc) is 3.29. The van der Waals surface area contributed by atoms with E-state index < -0.39 is 11.9 Å². The standard InChI is InChI=1S/C17H20N4O3/c1-9(2)13(14(18)22)19-16(23)12-5-3-4-11(8-12)15-20-17(24-21-15)10-6-7-10/h3-5,8-10,13H,6-7H2,1-2H3,(H2,18,22)(H,19,23)/t13-/m0/s1. The lowest BCUT2D eigenvalue weighted by atomic mass is 10.0. The summed E-state index contributed by atoms with van der Waals surface area (Å²) in [4.78, 5) is 28.2. The number of hydrogen-bond acceptors (Lipinski definition) is 5. The van der Waals surface area contributed by atoms with Gasteiger partial charge in [-0.15, -0.1) is 0 Å². The molecule has 1 heterocycles. The van der Waals surface area contributed by atoms with Crippen LogP contribution >= 0.6 is 0 Å². The Balaban J connectivity index is 1.78. The summed E-state index contributed by atoms with van der Waals surface area (Å²) >= 11 is 0. The van der Waals surface area contributed by atoms with Gasteiger partial charge < -0.3 is 15.6 Å². The lowest BCUT2D eigenvalue weighted by molar-refractivity contribution is -0.120. The highest BCUT2D eigenvalue weighted by Gasteiger charge is 2.30. The van der Waals surface area contributed by atoms with E-state index in [2.05, 4.69) is 15.5 Å². The Labute approximate surface area is 139 Å². The molecule has 1 aliphatic carbocycles.